The summed E-state index contributed by atoms with van der Waals surface area (Å²) in [5, 5.41) is 17.6. The topological polar surface area (TPSA) is 154 Å². The molecule has 4 amide bonds. The van der Waals surface area contributed by atoms with Gasteiger partial charge in [-0.15, -0.1) is 0 Å². The number of aliphatic carboxylic acids is 1. The van der Waals surface area contributed by atoms with Crippen LogP contribution >= 0.6 is 0 Å². The van der Waals surface area contributed by atoms with E-state index in [0.717, 1.165) is 0 Å². The molecule has 0 bridgehead atoms. The molecule has 0 aromatic carbocycles. The van der Waals surface area contributed by atoms with Gasteiger partial charge in [-0.25, -0.2) is 13.6 Å². The highest BCUT2D eigenvalue weighted by atomic mass is 19.3. The van der Waals surface area contributed by atoms with Crippen LogP contribution in [0.25, 0.3) is 0 Å². The molecule has 0 aliphatic rings. The van der Waals surface area contributed by atoms with E-state index in [0.29, 0.717) is 19.4 Å². The van der Waals surface area contributed by atoms with Crippen LogP contribution in [0.4, 0.5) is 8.78 Å². The Bertz CT molecular complexity index is 587. The lowest BCUT2D eigenvalue weighted by Gasteiger charge is -2.22. The Hall–Kier alpha value is -2.79. The van der Waals surface area contributed by atoms with Crippen LogP contribution < -0.4 is 21.3 Å². The van der Waals surface area contributed by atoms with Crippen molar-refractivity contribution in [2.24, 2.45) is 0 Å². The summed E-state index contributed by atoms with van der Waals surface area (Å²) in [5.41, 5.74) is 0. The Morgan fingerprint density at radius 3 is 1.96 bits per heavy atom. The Kier molecular flexibility index (Phi) is 11.3. The van der Waals surface area contributed by atoms with Gasteiger partial charge in [0.15, 0.2) is 6.04 Å². The van der Waals surface area contributed by atoms with Crippen molar-refractivity contribution < 1.29 is 37.9 Å². The number of unbranched alkanes of at least 4 members (excludes halogenated alkanes) is 1. The third kappa shape index (κ3) is 10.4. The molecule has 0 fully saturated rings. The largest absolute Gasteiger partial charge is 0.480 e. The smallest absolute Gasteiger partial charge is 0.332 e. The molecular formula is C16H26F2N4O6. The normalized spacial score (nSPS) is 13.8. The lowest BCUT2D eigenvalue weighted by molar-refractivity contribution is -0.146. The average Bonchev–Trinajstić information content (AvgIpc) is 2.56. The van der Waals surface area contributed by atoms with Gasteiger partial charge < -0.3 is 26.4 Å². The molecule has 12 heteroatoms. The minimum atomic E-state index is -3.32. The van der Waals surface area contributed by atoms with Crippen molar-refractivity contribution in [2.75, 3.05) is 6.54 Å². The number of carboxylic acids is 1. The van der Waals surface area contributed by atoms with Crippen molar-refractivity contribution in [3.8, 4) is 0 Å². The molecule has 0 aliphatic heterocycles. The predicted octanol–water partition coefficient (Wildman–Crippen LogP) is -0.863. The number of amides is 4. The second-order valence-corrected chi connectivity index (χ2v) is 6.12. The number of carbonyl (C=O) groups is 5. The number of halogens is 2. The lowest BCUT2D eigenvalue weighted by atomic mass is 10.1. The number of hydrogen-bond acceptors (Lipinski definition) is 5. The fraction of sp³-hybridized carbons (Fsp3) is 0.688. The maximum absolute atomic E-state index is 12.6. The maximum Gasteiger partial charge on any atom is 0.332 e. The second-order valence-electron chi connectivity index (χ2n) is 6.12. The monoisotopic (exact) mass is 408 g/mol. The third-order valence-corrected chi connectivity index (χ3v) is 3.56. The van der Waals surface area contributed by atoms with Gasteiger partial charge in [-0.2, -0.15) is 0 Å². The zero-order chi connectivity index (χ0) is 21.9. The molecule has 10 nitrogen and oxygen atoms in total. The first-order valence-corrected chi connectivity index (χ1v) is 8.59. The van der Waals surface area contributed by atoms with Crippen molar-refractivity contribution in [2.45, 2.75) is 64.6 Å². The molecule has 28 heavy (non-hydrogen) atoms. The summed E-state index contributed by atoms with van der Waals surface area (Å²) >= 11 is 0. The Labute approximate surface area is 160 Å². The molecule has 5 N–H and O–H groups in total. The molecule has 0 unspecified atom stereocenters. The summed E-state index contributed by atoms with van der Waals surface area (Å²) in [6, 6.07) is -4.68. The van der Waals surface area contributed by atoms with Crippen LogP contribution in [0.1, 0.15) is 40.0 Å². The van der Waals surface area contributed by atoms with E-state index in [1.54, 1.807) is 5.32 Å². The molecule has 0 spiro atoms. The molecule has 0 saturated heterocycles. The van der Waals surface area contributed by atoms with Gasteiger partial charge >= 0.3 is 5.97 Å². The molecule has 0 rings (SSSR count). The molecule has 0 aromatic rings. The molecule has 0 aromatic heterocycles. The molecule has 160 valence electrons. The lowest BCUT2D eigenvalue weighted by Crippen LogP contribution is -2.55. The highest BCUT2D eigenvalue weighted by molar-refractivity contribution is 5.93. The predicted molar refractivity (Wildman–Crippen MR) is 93.3 cm³/mol. The van der Waals surface area contributed by atoms with Crippen LogP contribution in [0.2, 0.25) is 0 Å². The Morgan fingerprint density at radius 2 is 1.50 bits per heavy atom. The molecule has 0 saturated carbocycles. The SMILES string of the molecule is CC(=O)NCCCC[C@H](NC(C)=O)C(=O)N[C@H](C)C(=O)N[C@@H](C(=O)O)C(F)F. The molecular weight excluding hydrogens is 382 g/mol. The van der Waals surface area contributed by atoms with Gasteiger partial charge in [-0.05, 0) is 26.2 Å². The van der Waals surface area contributed by atoms with Gasteiger partial charge in [-0.3, -0.25) is 19.2 Å². The number of carbonyl (C=O) groups excluding carboxylic acids is 4. The summed E-state index contributed by atoms with van der Waals surface area (Å²) < 4.78 is 25.2. The molecule has 0 heterocycles. The molecule has 0 radical (unpaired) electrons. The van der Waals surface area contributed by atoms with Crippen LogP contribution in [-0.4, -0.2) is 65.8 Å². The van der Waals surface area contributed by atoms with Crippen LogP contribution in [0.3, 0.4) is 0 Å². The zero-order valence-corrected chi connectivity index (χ0v) is 15.9. The van der Waals surface area contributed by atoms with E-state index < -0.39 is 48.2 Å². The number of alkyl halides is 2. The fourth-order valence-corrected chi connectivity index (χ4v) is 2.14. The van der Waals surface area contributed by atoms with Crippen molar-refractivity contribution in [1.29, 1.82) is 0 Å². The van der Waals surface area contributed by atoms with E-state index in [-0.39, 0.29) is 12.3 Å². The first-order valence-electron chi connectivity index (χ1n) is 8.59. The number of carboxylic acid groups (broad SMARTS) is 1. The van der Waals surface area contributed by atoms with Crippen molar-refractivity contribution in [3.63, 3.8) is 0 Å². The summed E-state index contributed by atoms with van der Waals surface area (Å²) in [4.78, 5) is 56.9. The van der Waals surface area contributed by atoms with Crippen LogP contribution in [-0.2, 0) is 24.0 Å². The fourth-order valence-electron chi connectivity index (χ4n) is 2.14. The number of hydrogen-bond donors (Lipinski definition) is 5. The van der Waals surface area contributed by atoms with E-state index in [2.05, 4.69) is 16.0 Å². The van der Waals surface area contributed by atoms with Crippen molar-refractivity contribution in [3.05, 3.63) is 0 Å². The van der Waals surface area contributed by atoms with Crippen LogP contribution in [0.15, 0.2) is 0 Å². The van der Waals surface area contributed by atoms with E-state index >= 15 is 0 Å². The summed E-state index contributed by atoms with van der Waals surface area (Å²) in [7, 11) is 0. The number of nitrogens with one attached hydrogen (secondary N) is 4. The van der Waals surface area contributed by atoms with Gasteiger partial charge in [0.1, 0.15) is 12.1 Å². The van der Waals surface area contributed by atoms with Crippen molar-refractivity contribution >= 4 is 29.6 Å². The first-order chi connectivity index (χ1) is 13.0. The Balaban J connectivity index is 4.72. The maximum atomic E-state index is 12.6. The highest BCUT2D eigenvalue weighted by Crippen LogP contribution is 2.04. The second kappa shape index (κ2) is 12.6. The quantitative estimate of drug-likeness (QED) is 0.265. The minimum absolute atomic E-state index is 0.195. The summed E-state index contributed by atoms with van der Waals surface area (Å²) in [5.74, 6) is -4.41. The first kappa shape index (κ1) is 25.2. The van der Waals surface area contributed by atoms with Crippen molar-refractivity contribution in [1.82, 2.24) is 21.3 Å². The van der Waals surface area contributed by atoms with E-state index in [4.69, 9.17) is 5.11 Å². The number of rotatable bonds is 12. The minimum Gasteiger partial charge on any atom is -0.480 e. The summed E-state index contributed by atoms with van der Waals surface area (Å²) in [6.45, 7) is 4.16. The Morgan fingerprint density at radius 1 is 0.893 bits per heavy atom. The van der Waals surface area contributed by atoms with Gasteiger partial charge in [-0.1, -0.05) is 0 Å². The van der Waals surface area contributed by atoms with E-state index in [9.17, 15) is 32.8 Å². The summed E-state index contributed by atoms with van der Waals surface area (Å²) in [6.07, 6.45) is -2.08. The van der Waals surface area contributed by atoms with Gasteiger partial charge in [0.2, 0.25) is 23.6 Å². The van der Waals surface area contributed by atoms with Crippen LogP contribution in [0.5, 0.6) is 0 Å². The standard InChI is InChI=1S/C16H26F2N4O6/c1-8(14(25)22-12(13(17)18)16(27)28)20-15(26)11(21-10(3)24)6-4-5-7-19-9(2)23/h8,11-13H,4-7H2,1-3H3,(H,19,23)(H,20,26)(H,21,24)(H,22,25)(H,27,28)/t8-,11+,12-/m1/s1. The van der Waals surface area contributed by atoms with Gasteiger partial charge in [0.05, 0.1) is 0 Å². The molecule has 0 aliphatic carbocycles. The van der Waals surface area contributed by atoms with Gasteiger partial charge in [0, 0.05) is 20.4 Å². The molecule has 3 atom stereocenters. The van der Waals surface area contributed by atoms with E-state index in [1.807, 2.05) is 0 Å². The average molecular weight is 408 g/mol. The van der Waals surface area contributed by atoms with E-state index in [1.165, 1.54) is 20.8 Å². The third-order valence-electron chi connectivity index (χ3n) is 3.56. The highest BCUT2D eigenvalue weighted by Gasteiger charge is 2.32. The van der Waals surface area contributed by atoms with Crippen LogP contribution in [0, 0.1) is 0 Å². The van der Waals surface area contributed by atoms with Gasteiger partial charge in [0.25, 0.3) is 6.43 Å². The zero-order valence-electron chi connectivity index (χ0n) is 15.9.